The molecule has 8 heteroatoms. The Labute approximate surface area is 654 Å². The van der Waals surface area contributed by atoms with Gasteiger partial charge in [0.2, 0.25) is 0 Å². The monoisotopic (exact) mass is 1480 g/mol. The lowest BCUT2D eigenvalue weighted by molar-refractivity contribution is 0.414. The fraction of sp³-hybridized carbons (Fsp3) is 0.400. The summed E-state index contributed by atoms with van der Waals surface area (Å²) < 4.78 is 23.7. The molecular formula is C100H124N2O4P2. The summed E-state index contributed by atoms with van der Waals surface area (Å²) in [4.78, 5) is 4.94. The predicted octanol–water partition coefficient (Wildman–Crippen LogP) is 30.6. The number of rotatable bonds is 28. The average Bonchev–Trinajstić information content (AvgIpc) is 0.735. The van der Waals surface area contributed by atoms with Gasteiger partial charge in [0.15, 0.2) is 0 Å². The van der Waals surface area contributed by atoms with E-state index < -0.39 is 0 Å². The van der Waals surface area contributed by atoms with Crippen molar-refractivity contribution in [2.75, 3.05) is 38.2 Å². The molecule has 0 saturated heterocycles. The standard InChI is InChI=1S/C100H124N2O4P2/c1-57(2)69-45-83(61(9)10)95(84(46-69)62(11)12)91-53-77(101(73-29-37-79(103-25)38-30-73)74-31-39-80(104-26)40-32-74)54-92(96-85(63(13)14)47-70(58(3)4)48-86(96)64(15)16)99(91)107-108-100-93(97-87(65(17)18)49-71(59(5)6)50-88(97)66(19)20)55-78(56-94(100)98-89(67(21)22)51-72(60(7)8)52-90(98)68(23)24)102(75-33-41-81(105-27)42-34-75)76-35-43-82(106-28)44-36-76/h29-68H,1-28H3. The maximum Gasteiger partial charge on any atom is 0.119 e. The van der Waals surface area contributed by atoms with Crippen molar-refractivity contribution in [3.05, 3.63) is 237 Å². The minimum atomic E-state index is 0.188. The molecule has 0 atom stereocenters. The number of ether oxygens (including phenoxy) is 4. The molecule has 0 aliphatic rings. The Morgan fingerprint density at radius 1 is 0.204 bits per heavy atom. The maximum absolute atomic E-state index is 5.92. The van der Waals surface area contributed by atoms with Gasteiger partial charge in [-0.05, 0) is 319 Å². The highest BCUT2D eigenvalue weighted by molar-refractivity contribution is 7.91. The van der Waals surface area contributed by atoms with Crippen LogP contribution >= 0.6 is 15.7 Å². The average molecular weight is 1480 g/mol. The third-order valence-corrected chi connectivity index (χ3v) is 24.8. The normalized spacial score (nSPS) is 12.1. The van der Waals surface area contributed by atoms with Crippen LogP contribution in [-0.4, -0.2) is 28.4 Å². The molecule has 0 saturated carbocycles. The van der Waals surface area contributed by atoms with Crippen molar-refractivity contribution in [2.24, 2.45) is 0 Å². The molecule has 0 radical (unpaired) electrons. The SMILES string of the molecule is COc1ccc(N(c2ccc(OC)cc2)c2cc(-c3c(C(C)C)cc(C(C)C)cc3C(C)C)c(P=Pc3c(-c4c(C(C)C)cc(C(C)C)cc4C(C)C)cc(N(c4ccc(OC)cc4)c4ccc(OC)cc4)cc3-c3c(C(C)C)cc(C(C)C)cc3C(C)C)c(-c3c(C(C)C)cc(C(C)C)cc3C(C)C)c2)cc1. The van der Waals surface area contributed by atoms with Gasteiger partial charge in [-0.25, -0.2) is 0 Å². The summed E-state index contributed by atoms with van der Waals surface area (Å²) in [6, 6.07) is 65.4. The smallest absolute Gasteiger partial charge is 0.119 e. The van der Waals surface area contributed by atoms with Crippen LogP contribution in [0, 0.1) is 0 Å². The first kappa shape index (κ1) is 82.1. The highest BCUT2D eigenvalue weighted by Crippen LogP contribution is 2.53. The molecule has 6 nitrogen and oxygen atoms in total. The lowest BCUT2D eigenvalue weighted by Crippen LogP contribution is -2.17. The van der Waals surface area contributed by atoms with Crippen LogP contribution < -0.4 is 39.4 Å². The lowest BCUT2D eigenvalue weighted by atomic mass is 9.79. The number of benzene rings is 10. The van der Waals surface area contributed by atoms with Gasteiger partial charge in [0, 0.05) is 44.7 Å². The Kier molecular flexibility index (Phi) is 26.7. The minimum Gasteiger partial charge on any atom is -0.497 e. The van der Waals surface area contributed by atoms with Crippen LogP contribution in [-0.2, 0) is 0 Å². The predicted molar refractivity (Wildman–Crippen MR) is 472 cm³/mol. The van der Waals surface area contributed by atoms with Crippen LogP contribution in [0.3, 0.4) is 0 Å². The van der Waals surface area contributed by atoms with Crippen molar-refractivity contribution in [2.45, 2.75) is 237 Å². The van der Waals surface area contributed by atoms with E-state index in [4.69, 9.17) is 18.9 Å². The van der Waals surface area contributed by atoms with Crippen molar-refractivity contribution >= 4 is 60.5 Å². The summed E-state index contributed by atoms with van der Waals surface area (Å²) in [6.45, 7) is 57.6. The molecule has 10 aromatic carbocycles. The van der Waals surface area contributed by atoms with Crippen molar-refractivity contribution in [1.29, 1.82) is 0 Å². The van der Waals surface area contributed by atoms with E-state index in [0.717, 1.165) is 72.9 Å². The van der Waals surface area contributed by atoms with Crippen LogP contribution in [0.25, 0.3) is 44.5 Å². The van der Waals surface area contributed by atoms with Gasteiger partial charge in [-0.3, -0.25) is 0 Å². The van der Waals surface area contributed by atoms with E-state index >= 15 is 0 Å². The van der Waals surface area contributed by atoms with E-state index in [1.54, 1.807) is 28.4 Å². The molecule has 0 aliphatic heterocycles. The summed E-state index contributed by atoms with van der Waals surface area (Å²) in [5.41, 5.74) is 33.0. The second-order valence-electron chi connectivity index (χ2n) is 33.6. The highest BCUT2D eigenvalue weighted by Gasteiger charge is 2.32. The molecule has 0 N–H and O–H groups in total. The number of hydrogen-bond acceptors (Lipinski definition) is 6. The molecule has 0 amide bonds. The zero-order valence-electron chi connectivity index (χ0n) is 70.5. The van der Waals surface area contributed by atoms with E-state index in [1.807, 2.05) is 0 Å². The summed E-state index contributed by atoms with van der Waals surface area (Å²) in [5.74, 6) is 6.01. The zero-order chi connectivity index (χ0) is 78.6. The first-order chi connectivity index (χ1) is 51.3. The topological polar surface area (TPSA) is 43.4 Å². The Bertz CT molecular complexity index is 4090. The zero-order valence-corrected chi connectivity index (χ0v) is 72.3. The Hall–Kier alpha value is -8.40. The summed E-state index contributed by atoms with van der Waals surface area (Å²) in [5, 5.41) is 2.63. The van der Waals surface area contributed by atoms with Gasteiger partial charge in [0.25, 0.3) is 0 Å². The van der Waals surface area contributed by atoms with Crippen molar-refractivity contribution in [1.82, 2.24) is 0 Å². The number of hydrogen-bond donors (Lipinski definition) is 0. The quantitative estimate of drug-likeness (QED) is 0.0455. The second kappa shape index (κ2) is 35.1. The Balaban J connectivity index is 1.56. The van der Waals surface area contributed by atoms with E-state index in [-0.39, 0.29) is 47.3 Å². The maximum atomic E-state index is 5.92. The Morgan fingerprint density at radius 3 is 0.491 bits per heavy atom. The number of methoxy groups -OCH3 is 4. The van der Waals surface area contributed by atoms with E-state index in [2.05, 4.69) is 346 Å². The van der Waals surface area contributed by atoms with Crippen LogP contribution in [0.5, 0.6) is 23.0 Å². The molecule has 0 unspecified atom stereocenters. The summed E-state index contributed by atoms with van der Waals surface area (Å²) in [6.07, 6.45) is 0. The van der Waals surface area contributed by atoms with Crippen molar-refractivity contribution in [3.63, 3.8) is 0 Å². The van der Waals surface area contributed by atoms with Gasteiger partial charge in [0.1, 0.15) is 23.0 Å². The molecule has 0 bridgehead atoms. The van der Waals surface area contributed by atoms with Crippen molar-refractivity contribution in [3.8, 4) is 67.5 Å². The fourth-order valence-electron chi connectivity index (χ4n) is 15.5. The molecule has 10 rings (SSSR count). The van der Waals surface area contributed by atoms with E-state index in [9.17, 15) is 0 Å². The highest BCUT2D eigenvalue weighted by atomic mass is 31.7. The Morgan fingerprint density at radius 2 is 0.361 bits per heavy atom. The van der Waals surface area contributed by atoms with Gasteiger partial charge < -0.3 is 28.7 Å². The van der Waals surface area contributed by atoms with E-state index in [1.165, 1.54) is 122 Å². The number of anilines is 6. The van der Waals surface area contributed by atoms with Gasteiger partial charge in [-0.2, -0.15) is 0 Å². The van der Waals surface area contributed by atoms with Gasteiger partial charge in [0.05, 0.1) is 28.4 Å². The molecule has 0 aromatic heterocycles. The van der Waals surface area contributed by atoms with Crippen LogP contribution in [0.15, 0.2) is 170 Å². The first-order valence-electron chi connectivity index (χ1n) is 40.0. The van der Waals surface area contributed by atoms with Gasteiger partial charge in [-0.1, -0.05) is 215 Å². The van der Waals surface area contributed by atoms with Crippen LogP contribution in [0.1, 0.15) is 304 Å². The number of nitrogens with zero attached hydrogens (tertiary/aromatic N) is 2. The molecule has 0 spiro atoms. The van der Waals surface area contributed by atoms with E-state index in [0.29, 0.717) is 23.7 Å². The second-order valence-corrected chi connectivity index (χ2v) is 36.1. The third kappa shape index (κ3) is 17.4. The molecule has 568 valence electrons. The van der Waals surface area contributed by atoms with Crippen molar-refractivity contribution < 1.29 is 18.9 Å². The third-order valence-electron chi connectivity index (χ3n) is 21.9. The minimum absolute atomic E-state index is 0.188. The molecule has 0 aliphatic carbocycles. The fourth-order valence-corrected chi connectivity index (χ4v) is 18.7. The van der Waals surface area contributed by atoms with Gasteiger partial charge in [-0.15, -0.1) is 0 Å². The molecule has 108 heavy (non-hydrogen) atoms. The summed E-state index contributed by atoms with van der Waals surface area (Å²) in [7, 11) is 9.28. The molecule has 0 heterocycles. The lowest BCUT2D eigenvalue weighted by Gasteiger charge is -2.32. The molecule has 0 fully saturated rings. The van der Waals surface area contributed by atoms with Crippen LogP contribution in [0.2, 0.25) is 0 Å². The largest absolute Gasteiger partial charge is 0.497 e. The first-order valence-corrected chi connectivity index (χ1v) is 42.5. The molecular weight excluding hydrogens is 1360 g/mol. The van der Waals surface area contributed by atoms with Gasteiger partial charge >= 0.3 is 0 Å². The molecule has 10 aromatic rings. The van der Waals surface area contributed by atoms with Crippen LogP contribution in [0.4, 0.5) is 34.1 Å². The summed E-state index contributed by atoms with van der Waals surface area (Å²) >= 11 is 0.